The summed E-state index contributed by atoms with van der Waals surface area (Å²) in [4.78, 5) is 22.9. The number of esters is 2. The summed E-state index contributed by atoms with van der Waals surface area (Å²) >= 11 is 15.0. The Hall–Kier alpha value is -0.780. The lowest BCUT2D eigenvalue weighted by Gasteiger charge is -2.14. The number of hydrogen-bond donors (Lipinski definition) is 0. The topological polar surface area (TPSA) is 52.6 Å². The van der Waals surface area contributed by atoms with Crippen LogP contribution < -0.4 is 0 Å². The minimum absolute atomic E-state index is 0.177. The van der Waals surface area contributed by atoms with Gasteiger partial charge in [0.05, 0.1) is 28.8 Å². The van der Waals surface area contributed by atoms with E-state index in [4.69, 9.17) is 32.7 Å². The second-order valence-electron chi connectivity index (χ2n) is 3.69. The molecule has 0 saturated heterocycles. The molecule has 0 aliphatic heterocycles. The van der Waals surface area contributed by atoms with E-state index in [0.29, 0.717) is 5.56 Å². The Labute approximate surface area is 135 Å². The minimum atomic E-state index is -0.823. The summed E-state index contributed by atoms with van der Waals surface area (Å²) in [6, 6.07) is 2.83. The fourth-order valence-corrected chi connectivity index (χ4v) is 2.35. The zero-order valence-corrected chi connectivity index (χ0v) is 14.0. The smallest absolute Gasteiger partial charge is 0.338 e. The molecular formula is C13H13BrCl2O4. The first kappa shape index (κ1) is 17.3. The highest BCUT2D eigenvalue weighted by atomic mass is 79.9. The standard InChI is InChI=1S/C13H13BrCl2O4/c1-3-19-12(17)8-6-10(16)9(15)5-7(8)11(14)13(18)20-4-2/h5-6,11H,3-4H2,1-2H3. The molecule has 1 rings (SSSR count). The first-order chi connectivity index (χ1) is 9.42. The fraction of sp³-hybridized carbons (Fsp3) is 0.385. The Balaban J connectivity index is 3.25. The van der Waals surface area contributed by atoms with Gasteiger partial charge in [-0.2, -0.15) is 0 Å². The summed E-state index contributed by atoms with van der Waals surface area (Å²) in [5.41, 5.74) is 0.535. The van der Waals surface area contributed by atoms with Crippen LogP contribution in [0.3, 0.4) is 0 Å². The lowest BCUT2D eigenvalue weighted by Crippen LogP contribution is -2.16. The molecule has 20 heavy (non-hydrogen) atoms. The molecule has 0 spiro atoms. The number of benzene rings is 1. The van der Waals surface area contributed by atoms with Crippen molar-refractivity contribution in [2.45, 2.75) is 18.7 Å². The molecule has 1 aromatic carbocycles. The number of alkyl halides is 1. The van der Waals surface area contributed by atoms with Crippen LogP contribution in [0.4, 0.5) is 0 Å². The molecule has 0 aliphatic rings. The highest BCUT2D eigenvalue weighted by Crippen LogP contribution is 2.34. The Bertz CT molecular complexity index is 519. The van der Waals surface area contributed by atoms with Gasteiger partial charge in [-0.3, -0.25) is 4.79 Å². The van der Waals surface area contributed by atoms with Crippen molar-refractivity contribution in [3.05, 3.63) is 33.3 Å². The lowest BCUT2D eigenvalue weighted by atomic mass is 10.0. The summed E-state index contributed by atoms with van der Waals surface area (Å²) in [5.74, 6) is -1.09. The Morgan fingerprint density at radius 2 is 1.70 bits per heavy atom. The SMILES string of the molecule is CCOC(=O)c1cc(Cl)c(Cl)cc1C(Br)C(=O)OCC. The zero-order chi connectivity index (χ0) is 15.3. The molecule has 0 radical (unpaired) electrons. The van der Waals surface area contributed by atoms with E-state index in [1.165, 1.54) is 12.1 Å². The van der Waals surface area contributed by atoms with E-state index in [1.807, 2.05) is 0 Å². The van der Waals surface area contributed by atoms with Crippen LogP contribution in [0.2, 0.25) is 10.0 Å². The number of hydrogen-bond acceptors (Lipinski definition) is 4. The van der Waals surface area contributed by atoms with Gasteiger partial charge in [0.2, 0.25) is 0 Å². The molecule has 110 valence electrons. The van der Waals surface area contributed by atoms with Gasteiger partial charge in [0.15, 0.2) is 0 Å². The van der Waals surface area contributed by atoms with Crippen molar-refractivity contribution in [2.75, 3.05) is 13.2 Å². The third-order valence-electron chi connectivity index (χ3n) is 2.35. The van der Waals surface area contributed by atoms with Crippen molar-refractivity contribution < 1.29 is 19.1 Å². The fourth-order valence-electron chi connectivity index (χ4n) is 1.50. The van der Waals surface area contributed by atoms with E-state index < -0.39 is 16.8 Å². The molecule has 0 fully saturated rings. The zero-order valence-electron chi connectivity index (χ0n) is 10.9. The van der Waals surface area contributed by atoms with Crippen LogP contribution in [0.1, 0.15) is 34.6 Å². The summed E-state index contributed by atoms with van der Waals surface area (Å²) in [6.45, 7) is 3.83. The number of halogens is 3. The van der Waals surface area contributed by atoms with Crippen molar-refractivity contribution in [3.63, 3.8) is 0 Å². The van der Waals surface area contributed by atoms with E-state index in [9.17, 15) is 9.59 Å². The van der Waals surface area contributed by atoms with Crippen molar-refractivity contribution in [3.8, 4) is 0 Å². The third-order valence-corrected chi connectivity index (χ3v) is 3.94. The normalized spacial score (nSPS) is 11.8. The molecule has 0 aromatic heterocycles. The van der Waals surface area contributed by atoms with Crippen molar-refractivity contribution in [2.24, 2.45) is 0 Å². The molecule has 0 aliphatic carbocycles. The molecule has 4 nitrogen and oxygen atoms in total. The lowest BCUT2D eigenvalue weighted by molar-refractivity contribution is -0.142. The van der Waals surface area contributed by atoms with Gasteiger partial charge in [0.1, 0.15) is 4.83 Å². The van der Waals surface area contributed by atoms with Crippen LogP contribution in [0.5, 0.6) is 0 Å². The molecule has 0 bridgehead atoms. The van der Waals surface area contributed by atoms with Gasteiger partial charge in [-0.25, -0.2) is 4.79 Å². The van der Waals surface area contributed by atoms with Gasteiger partial charge in [0.25, 0.3) is 0 Å². The van der Waals surface area contributed by atoms with Crippen molar-refractivity contribution in [1.29, 1.82) is 0 Å². The molecule has 7 heteroatoms. The van der Waals surface area contributed by atoms with E-state index in [0.717, 1.165) is 0 Å². The first-order valence-corrected chi connectivity index (χ1v) is 7.56. The number of ether oxygens (including phenoxy) is 2. The molecular weight excluding hydrogens is 371 g/mol. The average Bonchev–Trinajstić information content (AvgIpc) is 2.41. The summed E-state index contributed by atoms with van der Waals surface area (Å²) in [6.07, 6.45) is 0. The Kier molecular flexibility index (Phi) is 6.79. The largest absolute Gasteiger partial charge is 0.465 e. The Morgan fingerprint density at radius 1 is 1.15 bits per heavy atom. The second-order valence-corrected chi connectivity index (χ2v) is 5.42. The highest BCUT2D eigenvalue weighted by Gasteiger charge is 2.26. The molecule has 0 heterocycles. The first-order valence-electron chi connectivity index (χ1n) is 5.89. The van der Waals surface area contributed by atoms with Crippen LogP contribution >= 0.6 is 39.1 Å². The molecule has 1 aromatic rings. The van der Waals surface area contributed by atoms with Gasteiger partial charge in [0, 0.05) is 0 Å². The Morgan fingerprint density at radius 3 is 2.25 bits per heavy atom. The van der Waals surface area contributed by atoms with Crippen LogP contribution in [-0.4, -0.2) is 25.2 Å². The maximum absolute atomic E-state index is 11.9. The highest BCUT2D eigenvalue weighted by molar-refractivity contribution is 9.09. The monoisotopic (exact) mass is 382 g/mol. The quantitative estimate of drug-likeness (QED) is 0.565. The van der Waals surface area contributed by atoms with Gasteiger partial charge in [-0.15, -0.1) is 0 Å². The molecule has 1 atom stereocenters. The number of carbonyl (C=O) groups excluding carboxylic acids is 2. The number of rotatable bonds is 5. The van der Waals surface area contributed by atoms with E-state index >= 15 is 0 Å². The van der Waals surface area contributed by atoms with Crippen molar-refractivity contribution in [1.82, 2.24) is 0 Å². The van der Waals surface area contributed by atoms with E-state index in [2.05, 4.69) is 15.9 Å². The second kappa shape index (κ2) is 7.86. The molecule has 0 saturated carbocycles. The average molecular weight is 384 g/mol. The van der Waals surface area contributed by atoms with Gasteiger partial charge in [-0.05, 0) is 31.5 Å². The summed E-state index contributed by atoms with van der Waals surface area (Å²) < 4.78 is 9.85. The van der Waals surface area contributed by atoms with Gasteiger partial charge in [-0.1, -0.05) is 39.1 Å². The maximum atomic E-state index is 11.9. The van der Waals surface area contributed by atoms with Crippen LogP contribution in [0, 0.1) is 0 Å². The predicted octanol–water partition coefficient (Wildman–Crippen LogP) is 4.17. The third kappa shape index (κ3) is 4.11. The minimum Gasteiger partial charge on any atom is -0.465 e. The van der Waals surface area contributed by atoms with Crippen LogP contribution in [0.15, 0.2) is 12.1 Å². The predicted molar refractivity (Wildman–Crippen MR) is 80.7 cm³/mol. The van der Waals surface area contributed by atoms with Gasteiger partial charge < -0.3 is 9.47 Å². The molecule has 0 N–H and O–H groups in total. The molecule has 1 unspecified atom stereocenters. The van der Waals surface area contributed by atoms with E-state index in [-0.39, 0.29) is 28.8 Å². The molecule has 0 amide bonds. The summed E-state index contributed by atoms with van der Waals surface area (Å²) in [5, 5.41) is 0.450. The maximum Gasteiger partial charge on any atom is 0.338 e. The van der Waals surface area contributed by atoms with Crippen molar-refractivity contribution >= 4 is 51.1 Å². The number of carbonyl (C=O) groups is 2. The van der Waals surface area contributed by atoms with E-state index in [1.54, 1.807) is 13.8 Å². The van der Waals surface area contributed by atoms with Crippen LogP contribution in [-0.2, 0) is 14.3 Å². The summed E-state index contributed by atoms with van der Waals surface area (Å²) in [7, 11) is 0. The van der Waals surface area contributed by atoms with Gasteiger partial charge >= 0.3 is 11.9 Å². The van der Waals surface area contributed by atoms with Crippen LogP contribution in [0.25, 0.3) is 0 Å².